The van der Waals surface area contributed by atoms with E-state index in [1.165, 1.54) is 11.3 Å². The van der Waals surface area contributed by atoms with Crippen molar-refractivity contribution in [3.8, 4) is 0 Å². The molecule has 0 bridgehead atoms. The van der Waals surface area contributed by atoms with Crippen molar-refractivity contribution < 1.29 is 9.53 Å². The lowest BCUT2D eigenvalue weighted by atomic mass is 10.3. The largest absolute Gasteiger partial charge is 0.461 e. The van der Waals surface area contributed by atoms with E-state index in [9.17, 15) is 4.79 Å². The van der Waals surface area contributed by atoms with Crippen LogP contribution >= 0.6 is 11.3 Å². The molecular weight excluding hydrogens is 286 g/mol. The Hall–Kier alpha value is -1.95. The number of pyridine rings is 1. The van der Waals surface area contributed by atoms with Gasteiger partial charge in [-0.2, -0.15) is 0 Å². The molecule has 112 valence electrons. The molecule has 0 fully saturated rings. The van der Waals surface area contributed by atoms with Gasteiger partial charge in [-0.1, -0.05) is 6.07 Å². The van der Waals surface area contributed by atoms with E-state index < -0.39 is 0 Å². The van der Waals surface area contributed by atoms with Gasteiger partial charge in [-0.15, -0.1) is 11.3 Å². The van der Waals surface area contributed by atoms with Crippen LogP contribution in [0.1, 0.15) is 35.7 Å². The molecule has 0 amide bonds. The summed E-state index contributed by atoms with van der Waals surface area (Å²) in [7, 11) is 0. The molecule has 0 radical (unpaired) electrons. The zero-order chi connectivity index (χ0) is 15.2. The van der Waals surface area contributed by atoms with E-state index in [1.54, 1.807) is 12.3 Å². The highest BCUT2D eigenvalue weighted by atomic mass is 32.1. The zero-order valence-electron chi connectivity index (χ0n) is 12.5. The van der Waals surface area contributed by atoms with Crippen molar-refractivity contribution in [3.05, 3.63) is 40.7 Å². The molecule has 21 heavy (non-hydrogen) atoms. The summed E-state index contributed by atoms with van der Waals surface area (Å²) in [5.41, 5.74) is 2.35. The average Bonchev–Trinajstić information content (AvgIpc) is 2.95. The summed E-state index contributed by atoms with van der Waals surface area (Å²) in [5.74, 6) is -0.371. The van der Waals surface area contributed by atoms with Crippen LogP contribution in [-0.2, 0) is 11.3 Å². The number of aromatic nitrogens is 2. The summed E-state index contributed by atoms with van der Waals surface area (Å²) in [5, 5.41) is 2.54. The molecule has 5 nitrogen and oxygen atoms in total. The van der Waals surface area contributed by atoms with E-state index in [1.807, 2.05) is 25.1 Å². The maximum absolute atomic E-state index is 11.7. The minimum atomic E-state index is -0.371. The van der Waals surface area contributed by atoms with Gasteiger partial charge >= 0.3 is 5.97 Å². The van der Waals surface area contributed by atoms with Crippen molar-refractivity contribution in [1.29, 1.82) is 0 Å². The Labute approximate surface area is 128 Å². The van der Waals surface area contributed by atoms with Crippen molar-refractivity contribution in [1.82, 2.24) is 9.97 Å². The molecular formula is C15H19N3O2S. The number of ether oxygens (including phenoxy) is 1. The minimum Gasteiger partial charge on any atom is -0.461 e. The second kappa shape index (κ2) is 7.17. The van der Waals surface area contributed by atoms with Crippen LogP contribution in [0.4, 0.5) is 5.13 Å². The van der Waals surface area contributed by atoms with Crippen molar-refractivity contribution in [3.63, 3.8) is 0 Å². The lowest BCUT2D eigenvalue weighted by molar-refractivity contribution is 0.0520. The SMILES string of the molecule is CCOC(=O)c1csc(N(CC)Cc2cccc(C)n2)n1. The number of nitrogens with zero attached hydrogens (tertiary/aromatic N) is 3. The average molecular weight is 305 g/mol. The molecule has 0 N–H and O–H groups in total. The van der Waals surface area contributed by atoms with E-state index in [4.69, 9.17) is 4.74 Å². The third-order valence-corrected chi connectivity index (χ3v) is 3.83. The maximum atomic E-state index is 11.7. The van der Waals surface area contributed by atoms with Crippen LogP contribution in [0.5, 0.6) is 0 Å². The van der Waals surface area contributed by atoms with Gasteiger partial charge in [0.05, 0.1) is 18.8 Å². The second-order valence-corrected chi connectivity index (χ2v) is 5.36. The van der Waals surface area contributed by atoms with Crippen LogP contribution in [-0.4, -0.2) is 29.1 Å². The summed E-state index contributed by atoms with van der Waals surface area (Å²) in [6.07, 6.45) is 0. The first-order valence-corrected chi connectivity index (χ1v) is 7.82. The molecule has 2 heterocycles. The monoisotopic (exact) mass is 305 g/mol. The quantitative estimate of drug-likeness (QED) is 0.768. The van der Waals surface area contributed by atoms with Gasteiger partial charge < -0.3 is 9.64 Å². The number of esters is 1. The van der Waals surface area contributed by atoms with Crippen molar-refractivity contribution in [2.75, 3.05) is 18.1 Å². The summed E-state index contributed by atoms with van der Waals surface area (Å²) in [4.78, 5) is 22.6. The molecule has 0 spiro atoms. The van der Waals surface area contributed by atoms with Crippen LogP contribution in [0.15, 0.2) is 23.6 Å². The molecule has 0 saturated heterocycles. The number of carbonyl (C=O) groups excluding carboxylic acids is 1. The molecule has 0 aliphatic heterocycles. The van der Waals surface area contributed by atoms with Gasteiger partial charge in [0.15, 0.2) is 10.8 Å². The highest BCUT2D eigenvalue weighted by molar-refractivity contribution is 7.13. The van der Waals surface area contributed by atoms with Gasteiger partial charge in [0.1, 0.15) is 0 Å². The van der Waals surface area contributed by atoms with Crippen molar-refractivity contribution in [2.24, 2.45) is 0 Å². The highest BCUT2D eigenvalue weighted by Gasteiger charge is 2.15. The van der Waals surface area contributed by atoms with Crippen molar-refractivity contribution >= 4 is 22.4 Å². The standard InChI is InChI=1S/C15H19N3O2S/c1-4-18(9-12-8-6-7-11(3)16-12)15-17-13(10-21-15)14(19)20-5-2/h6-8,10H,4-5,9H2,1-3H3. The zero-order valence-corrected chi connectivity index (χ0v) is 13.3. The Morgan fingerprint density at radius 3 is 2.81 bits per heavy atom. The molecule has 2 aromatic rings. The second-order valence-electron chi connectivity index (χ2n) is 4.52. The van der Waals surface area contributed by atoms with Gasteiger partial charge in [0, 0.05) is 17.6 Å². The number of carbonyl (C=O) groups is 1. The third-order valence-electron chi connectivity index (χ3n) is 2.93. The summed E-state index contributed by atoms with van der Waals surface area (Å²) in [6, 6.07) is 5.97. The molecule has 0 aliphatic rings. The lowest BCUT2D eigenvalue weighted by Crippen LogP contribution is -2.22. The van der Waals surface area contributed by atoms with E-state index >= 15 is 0 Å². The third kappa shape index (κ3) is 4.01. The van der Waals surface area contributed by atoms with Crippen molar-refractivity contribution in [2.45, 2.75) is 27.3 Å². The topological polar surface area (TPSA) is 55.3 Å². The van der Waals surface area contributed by atoms with Crippen LogP contribution in [0, 0.1) is 6.92 Å². The first-order valence-electron chi connectivity index (χ1n) is 6.94. The molecule has 0 aromatic carbocycles. The molecule has 6 heteroatoms. The fourth-order valence-corrected chi connectivity index (χ4v) is 2.77. The lowest BCUT2D eigenvalue weighted by Gasteiger charge is -2.19. The number of hydrogen-bond donors (Lipinski definition) is 0. The molecule has 0 saturated carbocycles. The normalized spacial score (nSPS) is 10.4. The highest BCUT2D eigenvalue weighted by Crippen LogP contribution is 2.22. The first-order chi connectivity index (χ1) is 10.1. The predicted molar refractivity (Wildman–Crippen MR) is 83.8 cm³/mol. The van der Waals surface area contributed by atoms with E-state index in [2.05, 4.69) is 21.8 Å². The van der Waals surface area contributed by atoms with E-state index in [-0.39, 0.29) is 5.97 Å². The van der Waals surface area contributed by atoms with Crippen LogP contribution in [0.2, 0.25) is 0 Å². The van der Waals surface area contributed by atoms with Gasteiger partial charge in [0.2, 0.25) is 0 Å². The predicted octanol–water partition coefficient (Wildman–Crippen LogP) is 3.05. The van der Waals surface area contributed by atoms with Gasteiger partial charge in [-0.25, -0.2) is 9.78 Å². The molecule has 0 unspecified atom stereocenters. The first kappa shape index (κ1) is 15.4. The maximum Gasteiger partial charge on any atom is 0.357 e. The van der Waals surface area contributed by atoms with Gasteiger partial charge in [0.25, 0.3) is 0 Å². The minimum absolute atomic E-state index is 0.358. The van der Waals surface area contributed by atoms with Gasteiger partial charge in [-0.3, -0.25) is 4.98 Å². The number of anilines is 1. The van der Waals surface area contributed by atoms with Crippen LogP contribution in [0.3, 0.4) is 0 Å². The summed E-state index contributed by atoms with van der Waals surface area (Å²) >= 11 is 1.45. The van der Waals surface area contributed by atoms with Crippen LogP contribution in [0.25, 0.3) is 0 Å². The Bertz CT molecular complexity index is 612. The molecule has 2 rings (SSSR count). The van der Waals surface area contributed by atoms with E-state index in [0.29, 0.717) is 18.8 Å². The molecule has 2 aromatic heterocycles. The smallest absolute Gasteiger partial charge is 0.357 e. The fourth-order valence-electron chi connectivity index (χ4n) is 1.91. The fraction of sp³-hybridized carbons (Fsp3) is 0.400. The number of rotatable bonds is 6. The Kier molecular flexibility index (Phi) is 5.27. The van der Waals surface area contributed by atoms with E-state index in [0.717, 1.165) is 23.1 Å². The Balaban J connectivity index is 2.12. The Morgan fingerprint density at radius 2 is 2.14 bits per heavy atom. The van der Waals surface area contributed by atoms with Gasteiger partial charge in [-0.05, 0) is 32.9 Å². The Morgan fingerprint density at radius 1 is 1.33 bits per heavy atom. The molecule has 0 aliphatic carbocycles. The molecule has 0 atom stereocenters. The van der Waals surface area contributed by atoms with Crippen LogP contribution < -0.4 is 4.90 Å². The summed E-state index contributed by atoms with van der Waals surface area (Å²) < 4.78 is 4.96. The summed E-state index contributed by atoms with van der Waals surface area (Å²) in [6.45, 7) is 7.64. The number of hydrogen-bond acceptors (Lipinski definition) is 6. The number of thiazole rings is 1. The number of aryl methyl sites for hydroxylation is 1.